The predicted octanol–water partition coefficient (Wildman–Crippen LogP) is 3.53. The molecule has 1 unspecified atom stereocenters. The average Bonchev–Trinajstić information content (AvgIpc) is 2.88. The van der Waals surface area contributed by atoms with E-state index in [4.69, 9.17) is 4.98 Å². The molecule has 1 amide bonds. The van der Waals surface area contributed by atoms with E-state index in [0.29, 0.717) is 17.8 Å². The van der Waals surface area contributed by atoms with Crippen molar-refractivity contribution in [2.75, 3.05) is 39.0 Å². The molecule has 2 fully saturated rings. The minimum absolute atomic E-state index is 0.0241. The molecule has 2 aliphatic rings. The Balaban J connectivity index is 1.60. The molecule has 1 saturated heterocycles. The van der Waals surface area contributed by atoms with E-state index in [1.165, 1.54) is 0 Å². The Morgan fingerprint density at radius 3 is 2.54 bits per heavy atom. The van der Waals surface area contributed by atoms with Crippen LogP contribution >= 0.6 is 0 Å². The van der Waals surface area contributed by atoms with Crippen molar-refractivity contribution in [3.63, 3.8) is 0 Å². The van der Waals surface area contributed by atoms with Crippen LogP contribution in [0.4, 0.5) is 5.95 Å². The molecule has 0 aromatic carbocycles. The molecule has 3 heterocycles. The van der Waals surface area contributed by atoms with Gasteiger partial charge in [-0.1, -0.05) is 13.3 Å². The highest BCUT2D eigenvalue weighted by Crippen LogP contribution is 2.36. The highest BCUT2D eigenvalue weighted by Gasteiger charge is 2.28. The molecule has 4 rings (SSSR count). The van der Waals surface area contributed by atoms with Gasteiger partial charge < -0.3 is 24.8 Å². The zero-order valence-electron chi connectivity index (χ0n) is 22.9. The van der Waals surface area contributed by atoms with Crippen molar-refractivity contribution in [2.24, 2.45) is 0 Å². The van der Waals surface area contributed by atoms with Crippen molar-refractivity contribution in [1.29, 1.82) is 0 Å². The van der Waals surface area contributed by atoms with E-state index in [1.807, 2.05) is 4.57 Å². The molecular formula is C28H44N6O3. The van der Waals surface area contributed by atoms with Gasteiger partial charge in [0, 0.05) is 64.6 Å². The standard InChI is InChI=1S/C28H44N6O3/c1-5-6-19(2)30-28-29-17-23-26(31-28)24(20-7-9-22(35)10-8-20)18-34(27(23)37)21-11-14-33(15-12-21)16-13-25(36)32(3)4/h17-22,35H,5-16H2,1-4H3,(H,29,30,31)/t19?,20-,22-. The number of aromatic nitrogens is 3. The van der Waals surface area contributed by atoms with Crippen molar-refractivity contribution in [1.82, 2.24) is 24.3 Å². The summed E-state index contributed by atoms with van der Waals surface area (Å²) in [6.45, 7) is 6.78. The van der Waals surface area contributed by atoms with Gasteiger partial charge in [0.05, 0.1) is 17.0 Å². The third-order valence-electron chi connectivity index (χ3n) is 8.13. The Kier molecular flexibility index (Phi) is 9.18. The second-order valence-corrected chi connectivity index (χ2v) is 11.2. The quantitative estimate of drug-likeness (QED) is 0.530. The van der Waals surface area contributed by atoms with Crippen LogP contribution in [-0.4, -0.2) is 81.2 Å². The number of pyridine rings is 1. The van der Waals surface area contributed by atoms with Crippen LogP contribution in [0.15, 0.2) is 17.2 Å². The first kappa shape index (κ1) is 27.5. The second kappa shape index (κ2) is 12.3. The van der Waals surface area contributed by atoms with Crippen LogP contribution in [-0.2, 0) is 4.79 Å². The number of aliphatic hydroxyl groups is 1. The van der Waals surface area contributed by atoms with E-state index < -0.39 is 0 Å². The van der Waals surface area contributed by atoms with Crippen LogP contribution in [0.5, 0.6) is 0 Å². The van der Waals surface area contributed by atoms with Crippen LogP contribution in [0, 0.1) is 0 Å². The van der Waals surface area contributed by atoms with Gasteiger partial charge in [-0.3, -0.25) is 9.59 Å². The van der Waals surface area contributed by atoms with Crippen molar-refractivity contribution in [3.05, 3.63) is 28.3 Å². The van der Waals surface area contributed by atoms with Gasteiger partial charge in [0.15, 0.2) is 0 Å². The largest absolute Gasteiger partial charge is 0.393 e. The first-order valence-corrected chi connectivity index (χ1v) is 14.1. The molecule has 1 saturated carbocycles. The number of aliphatic hydroxyl groups excluding tert-OH is 1. The van der Waals surface area contributed by atoms with Crippen molar-refractivity contribution in [2.45, 2.75) is 95.7 Å². The fraction of sp³-hybridized carbons (Fsp3) is 0.714. The lowest BCUT2D eigenvalue weighted by Gasteiger charge is -2.34. The fourth-order valence-electron chi connectivity index (χ4n) is 5.82. The number of likely N-dealkylation sites (tertiary alicyclic amines) is 1. The van der Waals surface area contributed by atoms with Crippen LogP contribution in [0.1, 0.15) is 89.2 Å². The molecule has 2 aromatic rings. The Morgan fingerprint density at radius 1 is 1.19 bits per heavy atom. The number of piperidine rings is 1. The van der Waals surface area contributed by atoms with Gasteiger partial charge in [-0.15, -0.1) is 0 Å². The Hall–Kier alpha value is -2.52. The summed E-state index contributed by atoms with van der Waals surface area (Å²) in [4.78, 5) is 39.0. The smallest absolute Gasteiger partial charge is 0.261 e. The minimum atomic E-state index is -0.237. The van der Waals surface area contributed by atoms with Crippen molar-refractivity contribution < 1.29 is 9.90 Å². The molecule has 9 nitrogen and oxygen atoms in total. The van der Waals surface area contributed by atoms with Gasteiger partial charge in [-0.05, 0) is 63.4 Å². The number of fused-ring (bicyclic) bond motifs is 1. The number of rotatable bonds is 9. The fourth-order valence-corrected chi connectivity index (χ4v) is 5.82. The van der Waals surface area contributed by atoms with Crippen LogP contribution < -0.4 is 10.9 Å². The van der Waals surface area contributed by atoms with Gasteiger partial charge in [-0.25, -0.2) is 9.97 Å². The highest BCUT2D eigenvalue weighted by molar-refractivity contribution is 5.81. The first-order chi connectivity index (χ1) is 17.8. The molecule has 2 N–H and O–H groups in total. The van der Waals surface area contributed by atoms with Gasteiger partial charge in [-0.2, -0.15) is 0 Å². The number of amides is 1. The summed E-state index contributed by atoms with van der Waals surface area (Å²) in [6.07, 6.45) is 11.2. The maximum absolute atomic E-state index is 13.7. The van der Waals surface area contributed by atoms with E-state index in [0.717, 1.165) is 82.1 Å². The number of carbonyl (C=O) groups is 1. The number of anilines is 1. The van der Waals surface area contributed by atoms with Crippen molar-refractivity contribution in [3.8, 4) is 0 Å². The lowest BCUT2D eigenvalue weighted by Crippen LogP contribution is -2.39. The Labute approximate surface area is 220 Å². The topological polar surface area (TPSA) is 104 Å². The van der Waals surface area contributed by atoms with Crippen molar-refractivity contribution >= 4 is 22.8 Å². The van der Waals surface area contributed by atoms with E-state index in [2.05, 4.69) is 35.2 Å². The summed E-state index contributed by atoms with van der Waals surface area (Å²) in [5, 5.41) is 14.1. The summed E-state index contributed by atoms with van der Waals surface area (Å²) in [7, 11) is 3.58. The maximum atomic E-state index is 13.7. The summed E-state index contributed by atoms with van der Waals surface area (Å²) < 4.78 is 1.93. The number of hydrogen-bond acceptors (Lipinski definition) is 7. The number of carbonyl (C=O) groups excluding carboxylic acids is 1. The molecule has 204 valence electrons. The van der Waals surface area contributed by atoms with Gasteiger partial charge in [0.1, 0.15) is 0 Å². The van der Waals surface area contributed by atoms with E-state index in [-0.39, 0.29) is 35.6 Å². The lowest BCUT2D eigenvalue weighted by atomic mass is 9.82. The van der Waals surface area contributed by atoms with Gasteiger partial charge in [0.25, 0.3) is 5.56 Å². The van der Waals surface area contributed by atoms with Gasteiger partial charge in [0.2, 0.25) is 11.9 Å². The summed E-state index contributed by atoms with van der Waals surface area (Å²) in [5.41, 5.74) is 1.83. The normalized spacial score (nSPS) is 22.2. The molecule has 0 bridgehead atoms. The lowest BCUT2D eigenvalue weighted by molar-refractivity contribution is -0.129. The molecule has 37 heavy (non-hydrogen) atoms. The minimum Gasteiger partial charge on any atom is -0.393 e. The first-order valence-electron chi connectivity index (χ1n) is 14.1. The number of hydrogen-bond donors (Lipinski definition) is 2. The molecule has 2 aromatic heterocycles. The van der Waals surface area contributed by atoms with Gasteiger partial charge >= 0.3 is 0 Å². The molecule has 1 aliphatic carbocycles. The van der Waals surface area contributed by atoms with E-state index in [1.54, 1.807) is 25.2 Å². The number of nitrogens with zero attached hydrogens (tertiary/aromatic N) is 5. The predicted molar refractivity (Wildman–Crippen MR) is 147 cm³/mol. The maximum Gasteiger partial charge on any atom is 0.261 e. The Bertz CT molecular complexity index is 1120. The summed E-state index contributed by atoms with van der Waals surface area (Å²) >= 11 is 0. The molecule has 0 spiro atoms. The van der Waals surface area contributed by atoms with Crippen LogP contribution in [0.25, 0.3) is 10.9 Å². The third-order valence-corrected chi connectivity index (χ3v) is 8.13. The monoisotopic (exact) mass is 512 g/mol. The molecule has 1 aliphatic heterocycles. The molecule has 1 atom stereocenters. The molecule has 9 heteroatoms. The van der Waals surface area contributed by atoms with Crippen LogP contribution in [0.3, 0.4) is 0 Å². The number of nitrogens with one attached hydrogen (secondary N) is 1. The van der Waals surface area contributed by atoms with E-state index in [9.17, 15) is 14.7 Å². The van der Waals surface area contributed by atoms with Crippen LogP contribution in [0.2, 0.25) is 0 Å². The third kappa shape index (κ3) is 6.68. The second-order valence-electron chi connectivity index (χ2n) is 11.2. The summed E-state index contributed by atoms with van der Waals surface area (Å²) in [5.74, 6) is 0.988. The average molecular weight is 513 g/mol. The Morgan fingerprint density at radius 2 is 1.89 bits per heavy atom. The highest BCUT2D eigenvalue weighted by atomic mass is 16.3. The van der Waals surface area contributed by atoms with E-state index >= 15 is 0 Å². The zero-order chi connectivity index (χ0) is 26.5. The summed E-state index contributed by atoms with van der Waals surface area (Å²) in [6, 6.07) is 0.377. The SMILES string of the molecule is CCCC(C)Nc1ncc2c(=O)n(C3CCN(CCC(=O)N(C)C)CC3)cc([C@H]3CC[C@H](O)CC3)c2n1. The zero-order valence-corrected chi connectivity index (χ0v) is 22.9. The molecule has 0 radical (unpaired) electrons. The molecular weight excluding hydrogens is 468 g/mol.